The fourth-order valence-electron chi connectivity index (χ4n) is 0.594. The summed E-state index contributed by atoms with van der Waals surface area (Å²) in [6.45, 7) is 5.37. The fourth-order valence-corrected chi connectivity index (χ4v) is 0.594. The molecule has 0 amide bonds. The molecule has 60 valence electrons. The number of allylic oxidation sites excluding steroid dienone is 4. The van der Waals surface area contributed by atoms with Crippen LogP contribution < -0.4 is 0 Å². The predicted octanol–water partition coefficient (Wildman–Crippen LogP) is 2.15. The zero-order chi connectivity index (χ0) is 8.69. The van der Waals surface area contributed by atoms with Crippen LogP contribution in [0.25, 0.3) is 0 Å². The summed E-state index contributed by atoms with van der Waals surface area (Å²) >= 11 is 0. The first-order valence-corrected chi connectivity index (χ1v) is 3.36. The van der Waals surface area contributed by atoms with Gasteiger partial charge in [0.15, 0.2) is 0 Å². The quantitative estimate of drug-likeness (QED) is 0.627. The lowest BCUT2D eigenvalue weighted by Gasteiger charge is -1.93. The van der Waals surface area contributed by atoms with E-state index in [-0.39, 0.29) is 6.42 Å². The van der Waals surface area contributed by atoms with Crippen LogP contribution >= 0.6 is 0 Å². The molecular weight excluding hydrogens is 140 g/mol. The van der Waals surface area contributed by atoms with Gasteiger partial charge in [0.2, 0.25) is 0 Å². The van der Waals surface area contributed by atoms with Crippen molar-refractivity contribution in [1.82, 2.24) is 0 Å². The van der Waals surface area contributed by atoms with Crippen LogP contribution in [0.15, 0.2) is 36.5 Å². The first-order chi connectivity index (χ1) is 5.20. The van der Waals surface area contributed by atoms with Gasteiger partial charge in [0.05, 0.1) is 6.42 Å². The van der Waals surface area contributed by atoms with E-state index in [1.54, 1.807) is 18.2 Å². The summed E-state index contributed by atoms with van der Waals surface area (Å²) in [5.41, 5.74) is 0.718. The number of aliphatic carboxylic acids is 1. The molecule has 2 heteroatoms. The maximum atomic E-state index is 10.2. The number of carboxylic acid groups (broad SMARTS) is 1. The van der Waals surface area contributed by atoms with E-state index < -0.39 is 5.97 Å². The van der Waals surface area contributed by atoms with E-state index in [4.69, 9.17) is 5.11 Å². The molecule has 1 N–H and O–H groups in total. The van der Waals surface area contributed by atoms with Crippen molar-refractivity contribution in [2.45, 2.75) is 13.3 Å². The van der Waals surface area contributed by atoms with Crippen LogP contribution in [0, 0.1) is 0 Å². The Bertz CT molecular complexity index is 200. The average molecular weight is 152 g/mol. The number of carbonyl (C=O) groups is 1. The van der Waals surface area contributed by atoms with Crippen molar-refractivity contribution in [3.63, 3.8) is 0 Å². The van der Waals surface area contributed by atoms with Crippen LogP contribution in [0.4, 0.5) is 0 Å². The molecule has 0 bridgehead atoms. The third-order valence-electron chi connectivity index (χ3n) is 1.12. The molecule has 0 heterocycles. The first-order valence-electron chi connectivity index (χ1n) is 3.36. The number of hydrogen-bond donors (Lipinski definition) is 1. The Balaban J connectivity index is 4.15. The number of rotatable bonds is 4. The maximum absolute atomic E-state index is 10.2. The van der Waals surface area contributed by atoms with Gasteiger partial charge in [-0.15, -0.1) is 0 Å². The summed E-state index contributed by atoms with van der Waals surface area (Å²) in [5, 5.41) is 8.40. The third kappa shape index (κ3) is 5.15. The van der Waals surface area contributed by atoms with E-state index in [2.05, 4.69) is 6.58 Å². The Morgan fingerprint density at radius 2 is 2.27 bits per heavy atom. The molecule has 11 heavy (non-hydrogen) atoms. The number of hydrogen-bond acceptors (Lipinski definition) is 1. The molecule has 0 aromatic carbocycles. The van der Waals surface area contributed by atoms with E-state index in [9.17, 15) is 4.79 Å². The molecule has 0 fully saturated rings. The minimum Gasteiger partial charge on any atom is -0.481 e. The van der Waals surface area contributed by atoms with Crippen LogP contribution in [0.2, 0.25) is 0 Å². The molecule has 0 unspecified atom stereocenters. The molecule has 0 aliphatic heterocycles. The Morgan fingerprint density at radius 1 is 1.64 bits per heavy atom. The highest BCUT2D eigenvalue weighted by Gasteiger charge is 1.97. The molecular formula is C9H12O2. The highest BCUT2D eigenvalue weighted by molar-refractivity contribution is 5.71. The first kappa shape index (κ1) is 9.69. The van der Waals surface area contributed by atoms with E-state index >= 15 is 0 Å². The smallest absolute Gasteiger partial charge is 0.307 e. The minimum absolute atomic E-state index is 0.0356. The van der Waals surface area contributed by atoms with E-state index in [0.29, 0.717) is 0 Å². The molecule has 0 rings (SSSR count). The lowest BCUT2D eigenvalue weighted by atomic mass is 10.2. The van der Waals surface area contributed by atoms with Gasteiger partial charge in [0.25, 0.3) is 0 Å². The molecule has 0 radical (unpaired) electrons. The molecule has 0 aromatic heterocycles. The minimum atomic E-state index is -0.833. The Morgan fingerprint density at radius 3 is 2.64 bits per heavy atom. The van der Waals surface area contributed by atoms with Gasteiger partial charge in [0, 0.05) is 0 Å². The van der Waals surface area contributed by atoms with Crippen LogP contribution in [0.5, 0.6) is 0 Å². The summed E-state index contributed by atoms with van der Waals surface area (Å²) in [5.74, 6) is -0.833. The Hall–Kier alpha value is -1.31. The molecule has 0 saturated heterocycles. The summed E-state index contributed by atoms with van der Waals surface area (Å²) in [4.78, 5) is 10.2. The number of carboxylic acids is 1. The highest BCUT2D eigenvalue weighted by atomic mass is 16.4. The molecule has 2 nitrogen and oxygen atoms in total. The maximum Gasteiger partial charge on any atom is 0.307 e. The third-order valence-corrected chi connectivity index (χ3v) is 1.12. The van der Waals surface area contributed by atoms with Gasteiger partial charge in [-0.1, -0.05) is 30.9 Å². The van der Waals surface area contributed by atoms with Crippen LogP contribution in [-0.2, 0) is 4.79 Å². The van der Waals surface area contributed by atoms with Gasteiger partial charge in [-0.3, -0.25) is 4.79 Å². The summed E-state index contributed by atoms with van der Waals surface area (Å²) in [6.07, 6.45) is 6.95. The van der Waals surface area contributed by atoms with Gasteiger partial charge in [-0.05, 0) is 12.5 Å². The Labute approximate surface area is 66.5 Å². The van der Waals surface area contributed by atoms with Crippen molar-refractivity contribution in [1.29, 1.82) is 0 Å². The predicted molar refractivity (Wildman–Crippen MR) is 45.3 cm³/mol. The van der Waals surface area contributed by atoms with Crippen molar-refractivity contribution in [3.05, 3.63) is 36.5 Å². The van der Waals surface area contributed by atoms with Crippen molar-refractivity contribution in [2.24, 2.45) is 0 Å². The summed E-state index contributed by atoms with van der Waals surface area (Å²) in [7, 11) is 0. The van der Waals surface area contributed by atoms with Gasteiger partial charge in [-0.25, -0.2) is 0 Å². The lowest BCUT2D eigenvalue weighted by molar-refractivity contribution is -0.136. The molecule has 0 atom stereocenters. The van der Waals surface area contributed by atoms with Gasteiger partial charge in [0.1, 0.15) is 0 Å². The normalized spacial score (nSPS) is 11.9. The second-order valence-corrected chi connectivity index (χ2v) is 2.04. The molecule has 0 aromatic rings. The summed E-state index contributed by atoms with van der Waals surface area (Å²) in [6, 6.07) is 0. The SMILES string of the molecule is C=C/C(=C\C=C/C)CC(=O)O. The van der Waals surface area contributed by atoms with Crippen molar-refractivity contribution < 1.29 is 9.90 Å². The lowest BCUT2D eigenvalue weighted by Crippen LogP contribution is -1.94. The average Bonchev–Trinajstić information content (AvgIpc) is 1.97. The van der Waals surface area contributed by atoms with Crippen LogP contribution in [-0.4, -0.2) is 11.1 Å². The van der Waals surface area contributed by atoms with Crippen molar-refractivity contribution in [2.75, 3.05) is 0 Å². The monoisotopic (exact) mass is 152 g/mol. The molecule has 0 aliphatic rings. The highest BCUT2D eigenvalue weighted by Crippen LogP contribution is 2.02. The molecule has 0 saturated carbocycles. The second kappa shape index (κ2) is 5.47. The van der Waals surface area contributed by atoms with Gasteiger partial charge < -0.3 is 5.11 Å². The van der Waals surface area contributed by atoms with Crippen LogP contribution in [0.3, 0.4) is 0 Å². The van der Waals surface area contributed by atoms with Gasteiger partial charge in [-0.2, -0.15) is 0 Å². The molecule has 0 spiro atoms. The fraction of sp³-hybridized carbons (Fsp3) is 0.222. The van der Waals surface area contributed by atoms with Crippen molar-refractivity contribution in [3.8, 4) is 0 Å². The van der Waals surface area contributed by atoms with E-state index in [1.807, 2.05) is 13.0 Å². The standard InChI is InChI=1S/C9H12O2/c1-3-5-6-8(4-2)7-9(10)11/h3-6H,2,7H2,1H3,(H,10,11)/b5-3-,8-6+. The van der Waals surface area contributed by atoms with E-state index in [0.717, 1.165) is 5.57 Å². The Kier molecular flexibility index (Phi) is 4.82. The topological polar surface area (TPSA) is 37.3 Å². The largest absolute Gasteiger partial charge is 0.481 e. The van der Waals surface area contributed by atoms with Gasteiger partial charge >= 0.3 is 5.97 Å². The molecule has 0 aliphatic carbocycles. The second-order valence-electron chi connectivity index (χ2n) is 2.04. The van der Waals surface area contributed by atoms with Crippen molar-refractivity contribution >= 4 is 5.97 Å². The zero-order valence-electron chi connectivity index (χ0n) is 6.58. The summed E-state index contributed by atoms with van der Waals surface area (Å²) < 4.78 is 0. The van der Waals surface area contributed by atoms with E-state index in [1.165, 1.54) is 0 Å². The zero-order valence-corrected chi connectivity index (χ0v) is 6.58. The van der Waals surface area contributed by atoms with Crippen LogP contribution in [0.1, 0.15) is 13.3 Å².